The lowest BCUT2D eigenvalue weighted by atomic mass is 9.78. The number of hydrogen-bond acceptors (Lipinski definition) is 3. The smallest absolute Gasteiger partial charge is 0.315 e. The van der Waals surface area contributed by atoms with Crippen LogP contribution in [0, 0.1) is 5.92 Å². The van der Waals surface area contributed by atoms with E-state index in [1.807, 2.05) is 0 Å². The zero-order valence-electron chi connectivity index (χ0n) is 14.4. The van der Waals surface area contributed by atoms with E-state index in [4.69, 9.17) is 9.47 Å². The summed E-state index contributed by atoms with van der Waals surface area (Å²) in [6, 6.07) is 0.452. The van der Waals surface area contributed by atoms with E-state index in [-0.39, 0.29) is 23.7 Å². The van der Waals surface area contributed by atoms with Gasteiger partial charge in [-0.3, -0.25) is 0 Å². The topological polar surface area (TPSA) is 59.6 Å². The van der Waals surface area contributed by atoms with E-state index in [1.165, 1.54) is 19.3 Å². The zero-order chi connectivity index (χ0) is 16.1. The van der Waals surface area contributed by atoms with E-state index < -0.39 is 0 Å². The lowest BCUT2D eigenvalue weighted by molar-refractivity contribution is -0.107. The van der Waals surface area contributed by atoms with Crippen molar-refractivity contribution in [3.63, 3.8) is 0 Å². The second-order valence-electron chi connectivity index (χ2n) is 7.64. The van der Waals surface area contributed by atoms with Crippen LogP contribution in [-0.2, 0) is 9.47 Å². The highest BCUT2D eigenvalue weighted by Gasteiger charge is 2.39. The first kappa shape index (κ1) is 17.0. The Balaban J connectivity index is 1.45. The van der Waals surface area contributed by atoms with Gasteiger partial charge in [-0.1, -0.05) is 19.3 Å². The monoisotopic (exact) mass is 324 g/mol. The molecule has 2 atom stereocenters. The first-order valence-electron chi connectivity index (χ1n) is 9.46. The van der Waals surface area contributed by atoms with Crippen LogP contribution in [0.4, 0.5) is 4.79 Å². The van der Waals surface area contributed by atoms with Crippen molar-refractivity contribution < 1.29 is 14.3 Å². The number of rotatable bonds is 3. The average molecular weight is 324 g/mol. The van der Waals surface area contributed by atoms with Crippen LogP contribution in [-0.4, -0.2) is 43.5 Å². The van der Waals surface area contributed by atoms with Gasteiger partial charge in [0.05, 0.1) is 5.60 Å². The molecule has 2 amide bonds. The number of urea groups is 1. The van der Waals surface area contributed by atoms with Crippen LogP contribution in [0.3, 0.4) is 0 Å². The maximum atomic E-state index is 12.3. The molecule has 2 heterocycles. The van der Waals surface area contributed by atoms with Gasteiger partial charge in [0.1, 0.15) is 0 Å². The van der Waals surface area contributed by atoms with Crippen molar-refractivity contribution in [2.24, 2.45) is 5.92 Å². The van der Waals surface area contributed by atoms with Gasteiger partial charge in [-0.25, -0.2) is 4.79 Å². The number of hydrogen-bond donors (Lipinski definition) is 2. The predicted molar refractivity (Wildman–Crippen MR) is 89.5 cm³/mol. The molecule has 23 heavy (non-hydrogen) atoms. The third-order valence-corrected chi connectivity index (χ3v) is 5.92. The maximum Gasteiger partial charge on any atom is 0.315 e. The fraction of sp³-hybridized carbons (Fsp3) is 0.944. The molecule has 0 radical (unpaired) electrons. The van der Waals surface area contributed by atoms with Gasteiger partial charge in [0, 0.05) is 31.9 Å². The fourth-order valence-electron chi connectivity index (χ4n) is 4.46. The summed E-state index contributed by atoms with van der Waals surface area (Å²) in [4.78, 5) is 12.3. The fourth-order valence-corrected chi connectivity index (χ4v) is 4.46. The van der Waals surface area contributed by atoms with Crippen LogP contribution in [0.2, 0.25) is 0 Å². The minimum absolute atomic E-state index is 0.0122. The molecule has 5 nitrogen and oxygen atoms in total. The van der Waals surface area contributed by atoms with Gasteiger partial charge in [0.25, 0.3) is 0 Å². The van der Waals surface area contributed by atoms with Crippen molar-refractivity contribution in [1.29, 1.82) is 0 Å². The van der Waals surface area contributed by atoms with Gasteiger partial charge < -0.3 is 20.1 Å². The van der Waals surface area contributed by atoms with Crippen molar-refractivity contribution in [1.82, 2.24) is 10.6 Å². The van der Waals surface area contributed by atoms with Crippen molar-refractivity contribution in [3.05, 3.63) is 0 Å². The first-order chi connectivity index (χ1) is 11.2. The van der Waals surface area contributed by atoms with Crippen LogP contribution in [0.15, 0.2) is 0 Å². The van der Waals surface area contributed by atoms with Crippen molar-refractivity contribution in [3.8, 4) is 0 Å². The van der Waals surface area contributed by atoms with Crippen molar-refractivity contribution >= 4 is 6.03 Å². The van der Waals surface area contributed by atoms with Gasteiger partial charge in [0.15, 0.2) is 0 Å². The van der Waals surface area contributed by atoms with E-state index in [9.17, 15) is 4.79 Å². The molecule has 1 saturated carbocycles. The maximum absolute atomic E-state index is 12.3. The minimum atomic E-state index is -0.0122. The predicted octanol–water partition coefficient (Wildman–Crippen LogP) is 2.98. The van der Waals surface area contributed by atoms with Gasteiger partial charge >= 0.3 is 6.03 Å². The Morgan fingerprint density at radius 2 is 1.83 bits per heavy atom. The molecule has 2 aliphatic heterocycles. The number of carbonyl (C=O) groups is 1. The molecule has 3 fully saturated rings. The van der Waals surface area contributed by atoms with Gasteiger partial charge in [-0.2, -0.15) is 0 Å². The molecule has 0 aromatic carbocycles. The summed E-state index contributed by atoms with van der Waals surface area (Å²) in [5.41, 5.74) is 0.0424. The molecule has 5 heteroatoms. The van der Waals surface area contributed by atoms with E-state index in [0.29, 0.717) is 5.92 Å². The molecule has 2 unspecified atom stereocenters. The molecule has 3 aliphatic rings. The highest BCUT2D eigenvalue weighted by Crippen LogP contribution is 2.38. The molecule has 132 valence electrons. The first-order valence-corrected chi connectivity index (χ1v) is 9.46. The Labute approximate surface area is 139 Å². The van der Waals surface area contributed by atoms with Gasteiger partial charge in [0.2, 0.25) is 0 Å². The van der Waals surface area contributed by atoms with Gasteiger partial charge in [-0.05, 0) is 51.4 Å². The molecule has 0 aromatic rings. The lowest BCUT2D eigenvalue weighted by Gasteiger charge is -2.43. The minimum Gasteiger partial charge on any atom is -0.381 e. The quantitative estimate of drug-likeness (QED) is 0.839. The number of carbonyl (C=O) groups excluding carboxylic acids is 1. The molecular formula is C18H32N2O3. The highest BCUT2D eigenvalue weighted by molar-refractivity contribution is 5.74. The SMILES string of the molecule is CC(NC(=O)NC1CCOC2(CCCCC2)C1)C1CCOCC1. The zero-order valence-corrected chi connectivity index (χ0v) is 14.4. The molecule has 3 rings (SSSR count). The van der Waals surface area contributed by atoms with E-state index in [0.717, 1.165) is 58.3 Å². The second-order valence-corrected chi connectivity index (χ2v) is 7.64. The standard InChI is InChI=1S/C18H32N2O3/c1-14(15-5-10-22-11-6-15)19-17(21)20-16-7-12-23-18(13-16)8-3-2-4-9-18/h14-16H,2-13H2,1H3,(H2,19,20,21). The van der Waals surface area contributed by atoms with E-state index >= 15 is 0 Å². The molecule has 2 saturated heterocycles. The second kappa shape index (κ2) is 7.84. The summed E-state index contributed by atoms with van der Waals surface area (Å²) in [6.45, 7) is 4.53. The highest BCUT2D eigenvalue weighted by atomic mass is 16.5. The molecule has 0 aromatic heterocycles. The number of nitrogens with one attached hydrogen (secondary N) is 2. The van der Waals surface area contributed by atoms with Crippen LogP contribution >= 0.6 is 0 Å². The summed E-state index contributed by atoms with van der Waals surface area (Å²) >= 11 is 0. The number of ether oxygens (including phenoxy) is 2. The van der Waals surface area contributed by atoms with Crippen molar-refractivity contribution in [2.45, 2.75) is 82.4 Å². The Morgan fingerprint density at radius 1 is 1.09 bits per heavy atom. The Morgan fingerprint density at radius 3 is 2.57 bits per heavy atom. The third kappa shape index (κ3) is 4.60. The van der Waals surface area contributed by atoms with Crippen LogP contribution in [0.1, 0.15) is 64.7 Å². The summed E-state index contributed by atoms with van der Waals surface area (Å²) in [7, 11) is 0. The van der Waals surface area contributed by atoms with E-state index in [1.54, 1.807) is 0 Å². The number of amides is 2. The normalized spacial score (nSPS) is 29.9. The Bertz CT molecular complexity index is 384. The van der Waals surface area contributed by atoms with Crippen molar-refractivity contribution in [2.75, 3.05) is 19.8 Å². The summed E-state index contributed by atoms with van der Waals surface area (Å²) < 4.78 is 11.5. The molecular weight excluding hydrogens is 292 g/mol. The summed E-state index contributed by atoms with van der Waals surface area (Å²) in [5, 5.41) is 6.34. The lowest BCUT2D eigenvalue weighted by Crippen LogP contribution is -2.53. The average Bonchev–Trinajstić information content (AvgIpc) is 2.56. The molecule has 1 spiro atoms. The third-order valence-electron chi connectivity index (χ3n) is 5.92. The molecule has 0 bridgehead atoms. The largest absolute Gasteiger partial charge is 0.381 e. The molecule has 2 N–H and O–H groups in total. The van der Waals surface area contributed by atoms with E-state index in [2.05, 4.69) is 17.6 Å². The summed E-state index contributed by atoms with van der Waals surface area (Å²) in [6.07, 6.45) is 10.2. The Hall–Kier alpha value is -0.810. The van der Waals surface area contributed by atoms with Crippen LogP contribution < -0.4 is 10.6 Å². The van der Waals surface area contributed by atoms with Gasteiger partial charge in [-0.15, -0.1) is 0 Å². The van der Waals surface area contributed by atoms with Crippen LogP contribution in [0.25, 0.3) is 0 Å². The van der Waals surface area contributed by atoms with Crippen LogP contribution in [0.5, 0.6) is 0 Å². The Kier molecular flexibility index (Phi) is 5.81. The summed E-state index contributed by atoms with van der Waals surface area (Å²) in [5.74, 6) is 0.536. The molecule has 1 aliphatic carbocycles.